The van der Waals surface area contributed by atoms with Crippen LogP contribution in [0.5, 0.6) is 0 Å². The number of rotatable bonds is 5. The Kier molecular flexibility index (Phi) is 7.69. The molecule has 0 radical (unpaired) electrons. The van der Waals surface area contributed by atoms with Gasteiger partial charge >= 0.3 is 12.1 Å². The number of nitrogens with zero attached hydrogens (tertiary/aromatic N) is 2. The molecule has 0 atom stereocenters. The lowest BCUT2D eigenvalue weighted by molar-refractivity contribution is 0.0147. The van der Waals surface area contributed by atoms with Crippen LogP contribution in [-0.2, 0) is 4.74 Å². The monoisotopic (exact) mass is 390 g/mol. The summed E-state index contributed by atoms with van der Waals surface area (Å²) in [7, 11) is 0. The van der Waals surface area contributed by atoms with E-state index in [1.54, 1.807) is 4.90 Å². The summed E-state index contributed by atoms with van der Waals surface area (Å²) in [6, 6.07) is 7.66. The number of anilines is 1. The molecule has 1 saturated heterocycles. The largest absolute Gasteiger partial charge is 0.444 e. The molecule has 0 saturated carbocycles. The highest BCUT2D eigenvalue weighted by atomic mass is 16.6. The predicted octanol–water partition coefficient (Wildman–Crippen LogP) is 3.48. The van der Waals surface area contributed by atoms with Gasteiger partial charge in [0.1, 0.15) is 5.60 Å². The van der Waals surface area contributed by atoms with Crippen molar-refractivity contribution in [2.45, 2.75) is 46.1 Å². The summed E-state index contributed by atoms with van der Waals surface area (Å²) in [6.45, 7) is 14.0. The van der Waals surface area contributed by atoms with Crippen LogP contribution in [0.3, 0.4) is 0 Å². The van der Waals surface area contributed by atoms with Crippen LogP contribution in [0.4, 0.5) is 15.3 Å². The standard InChI is InChI=1S/C21H34N4O3/c1-16(2)17-8-6-7-9-18(17)23-19(26)22-10-11-24-12-14-25(15-13-24)20(27)28-21(3,4)5/h6-9,16H,10-15H2,1-5H3,(H2,22,23,26). The third-order valence-electron chi connectivity index (χ3n) is 4.57. The number of nitrogens with one attached hydrogen (secondary N) is 2. The van der Waals surface area contributed by atoms with Crippen molar-refractivity contribution in [3.63, 3.8) is 0 Å². The lowest BCUT2D eigenvalue weighted by Crippen LogP contribution is -2.51. The zero-order valence-corrected chi connectivity index (χ0v) is 17.7. The summed E-state index contributed by atoms with van der Waals surface area (Å²) in [5.41, 5.74) is 1.50. The first-order chi connectivity index (χ1) is 13.2. The van der Waals surface area contributed by atoms with Gasteiger partial charge in [0, 0.05) is 45.0 Å². The van der Waals surface area contributed by atoms with Crippen LogP contribution in [0.2, 0.25) is 0 Å². The third kappa shape index (κ3) is 7.03. The maximum Gasteiger partial charge on any atom is 0.410 e. The molecule has 7 heteroatoms. The Morgan fingerprint density at radius 2 is 1.75 bits per heavy atom. The van der Waals surface area contributed by atoms with Crippen LogP contribution in [0.1, 0.15) is 46.1 Å². The fourth-order valence-electron chi connectivity index (χ4n) is 3.09. The van der Waals surface area contributed by atoms with E-state index in [1.807, 2.05) is 45.0 Å². The van der Waals surface area contributed by atoms with Crippen molar-refractivity contribution in [1.82, 2.24) is 15.1 Å². The number of benzene rings is 1. The van der Waals surface area contributed by atoms with E-state index in [-0.39, 0.29) is 12.1 Å². The van der Waals surface area contributed by atoms with Crippen molar-refractivity contribution in [1.29, 1.82) is 0 Å². The molecule has 2 rings (SSSR count). The molecule has 3 amide bonds. The topological polar surface area (TPSA) is 73.9 Å². The molecule has 1 aliphatic heterocycles. The number of hydrogen-bond donors (Lipinski definition) is 2. The highest BCUT2D eigenvalue weighted by Crippen LogP contribution is 2.23. The van der Waals surface area contributed by atoms with Gasteiger partial charge in [-0.25, -0.2) is 9.59 Å². The van der Waals surface area contributed by atoms with Crippen molar-refractivity contribution in [3.8, 4) is 0 Å². The number of para-hydroxylation sites is 1. The molecule has 2 N–H and O–H groups in total. The van der Waals surface area contributed by atoms with Gasteiger partial charge in [-0.15, -0.1) is 0 Å². The zero-order chi connectivity index (χ0) is 20.7. The van der Waals surface area contributed by atoms with Crippen LogP contribution in [0, 0.1) is 0 Å². The minimum absolute atomic E-state index is 0.194. The zero-order valence-electron chi connectivity index (χ0n) is 17.7. The van der Waals surface area contributed by atoms with Crippen molar-refractivity contribution in [2.75, 3.05) is 44.6 Å². The number of ether oxygens (including phenoxy) is 1. The van der Waals surface area contributed by atoms with Crippen molar-refractivity contribution < 1.29 is 14.3 Å². The first-order valence-electron chi connectivity index (χ1n) is 10.00. The van der Waals surface area contributed by atoms with E-state index in [9.17, 15) is 9.59 Å². The molecule has 1 aromatic carbocycles. The van der Waals surface area contributed by atoms with E-state index in [1.165, 1.54) is 0 Å². The number of carbonyl (C=O) groups is 2. The van der Waals surface area contributed by atoms with Crippen LogP contribution >= 0.6 is 0 Å². The molecule has 1 aromatic rings. The Bertz CT molecular complexity index is 662. The maximum atomic E-state index is 12.2. The molecule has 0 spiro atoms. The van der Waals surface area contributed by atoms with Gasteiger partial charge in [-0.2, -0.15) is 0 Å². The second-order valence-corrected chi connectivity index (χ2v) is 8.43. The van der Waals surface area contributed by atoms with Crippen LogP contribution in [0.25, 0.3) is 0 Å². The van der Waals surface area contributed by atoms with Gasteiger partial charge in [0.25, 0.3) is 0 Å². The number of urea groups is 1. The molecule has 0 aromatic heterocycles. The summed E-state index contributed by atoms with van der Waals surface area (Å²) in [4.78, 5) is 28.3. The molecule has 156 valence electrons. The maximum absolute atomic E-state index is 12.2. The van der Waals surface area contributed by atoms with Crippen molar-refractivity contribution in [2.24, 2.45) is 0 Å². The number of carbonyl (C=O) groups excluding carboxylic acids is 2. The minimum atomic E-state index is -0.473. The fraction of sp³-hybridized carbons (Fsp3) is 0.619. The first kappa shape index (κ1) is 22.0. The van der Waals surface area contributed by atoms with Gasteiger partial charge in [-0.3, -0.25) is 4.90 Å². The SMILES string of the molecule is CC(C)c1ccccc1NC(=O)NCCN1CCN(C(=O)OC(C)(C)C)CC1. The Morgan fingerprint density at radius 1 is 1.11 bits per heavy atom. The van der Waals surface area contributed by atoms with Gasteiger partial charge < -0.3 is 20.3 Å². The van der Waals surface area contributed by atoms with Gasteiger partial charge in [0.15, 0.2) is 0 Å². The van der Waals surface area contributed by atoms with Crippen LogP contribution in [0.15, 0.2) is 24.3 Å². The van der Waals surface area contributed by atoms with E-state index in [2.05, 4.69) is 29.4 Å². The molecule has 1 heterocycles. The Balaban J connectivity index is 1.69. The summed E-state index contributed by atoms with van der Waals surface area (Å²) in [6.07, 6.45) is -0.256. The van der Waals surface area contributed by atoms with Gasteiger partial charge in [0.2, 0.25) is 0 Å². The Hall–Kier alpha value is -2.28. The van der Waals surface area contributed by atoms with Crippen molar-refractivity contribution in [3.05, 3.63) is 29.8 Å². The number of amides is 3. The highest BCUT2D eigenvalue weighted by Gasteiger charge is 2.25. The lowest BCUT2D eigenvalue weighted by atomic mass is 10.0. The van der Waals surface area contributed by atoms with Gasteiger partial charge in [-0.05, 0) is 38.3 Å². The summed E-state index contributed by atoms with van der Waals surface area (Å²) in [5, 5.41) is 5.85. The average Bonchev–Trinajstić information content (AvgIpc) is 2.61. The average molecular weight is 391 g/mol. The molecule has 0 bridgehead atoms. The number of hydrogen-bond acceptors (Lipinski definition) is 4. The van der Waals surface area contributed by atoms with E-state index in [0.29, 0.717) is 25.6 Å². The fourth-order valence-corrected chi connectivity index (χ4v) is 3.09. The van der Waals surface area contributed by atoms with Crippen LogP contribution in [-0.4, -0.2) is 66.8 Å². The molecular formula is C21H34N4O3. The van der Waals surface area contributed by atoms with Crippen molar-refractivity contribution >= 4 is 17.8 Å². The Labute approximate surface area is 168 Å². The third-order valence-corrected chi connectivity index (χ3v) is 4.57. The second-order valence-electron chi connectivity index (χ2n) is 8.43. The molecule has 7 nitrogen and oxygen atoms in total. The van der Waals surface area contributed by atoms with E-state index in [0.717, 1.165) is 30.9 Å². The van der Waals surface area contributed by atoms with E-state index >= 15 is 0 Å². The molecule has 0 unspecified atom stereocenters. The number of piperazine rings is 1. The molecule has 1 fully saturated rings. The summed E-state index contributed by atoms with van der Waals surface area (Å²) >= 11 is 0. The lowest BCUT2D eigenvalue weighted by Gasteiger charge is -2.35. The molecule has 28 heavy (non-hydrogen) atoms. The van der Waals surface area contributed by atoms with E-state index in [4.69, 9.17) is 4.74 Å². The van der Waals surface area contributed by atoms with Gasteiger partial charge in [0.05, 0.1) is 0 Å². The minimum Gasteiger partial charge on any atom is -0.444 e. The van der Waals surface area contributed by atoms with Crippen LogP contribution < -0.4 is 10.6 Å². The summed E-state index contributed by atoms with van der Waals surface area (Å²) in [5.74, 6) is 0.345. The molecule has 1 aliphatic rings. The smallest absolute Gasteiger partial charge is 0.410 e. The first-order valence-corrected chi connectivity index (χ1v) is 10.00. The van der Waals surface area contributed by atoms with Gasteiger partial charge in [-0.1, -0.05) is 32.0 Å². The van der Waals surface area contributed by atoms with E-state index < -0.39 is 5.60 Å². The summed E-state index contributed by atoms with van der Waals surface area (Å²) < 4.78 is 5.41. The molecule has 0 aliphatic carbocycles. The molecular weight excluding hydrogens is 356 g/mol. The Morgan fingerprint density at radius 3 is 2.36 bits per heavy atom. The highest BCUT2D eigenvalue weighted by molar-refractivity contribution is 5.90. The normalized spacial score (nSPS) is 15.4. The quantitative estimate of drug-likeness (QED) is 0.807. The predicted molar refractivity (Wildman–Crippen MR) is 112 cm³/mol. The second kappa shape index (κ2) is 9.78.